The molecule has 0 saturated heterocycles. The molecule has 0 radical (unpaired) electrons. The van der Waals surface area contributed by atoms with Gasteiger partial charge in [0, 0.05) is 5.69 Å². The van der Waals surface area contributed by atoms with Gasteiger partial charge in [0.2, 0.25) is 0 Å². The van der Waals surface area contributed by atoms with Crippen molar-refractivity contribution in [2.24, 2.45) is 0 Å². The predicted octanol–water partition coefficient (Wildman–Crippen LogP) is 2.94. The lowest BCUT2D eigenvalue weighted by Crippen LogP contribution is -1.95. The van der Waals surface area contributed by atoms with E-state index in [0.717, 1.165) is 17.7 Å². The summed E-state index contributed by atoms with van der Waals surface area (Å²) in [6.07, 6.45) is 1.01. The number of aromatic carboxylic acids is 1. The quantitative estimate of drug-likeness (QED) is 0.827. The Kier molecular flexibility index (Phi) is 2.77. The molecule has 0 bridgehead atoms. The van der Waals surface area contributed by atoms with Crippen LogP contribution < -0.4 is 0 Å². The molecule has 2 rings (SSSR count). The fourth-order valence-electron chi connectivity index (χ4n) is 1.61. The third-order valence-electron chi connectivity index (χ3n) is 2.59. The Balaban J connectivity index is 2.31. The Hall–Kier alpha value is -2.03. The number of carbonyl (C=O) groups is 1. The fraction of sp³-hybridized carbons (Fsp3) is 0.154. The SMILES string of the molecule is CCc1ccc(-c2ccc(C(=O)O)[nH]2)cc1. The summed E-state index contributed by atoms with van der Waals surface area (Å²) in [4.78, 5) is 13.6. The van der Waals surface area contributed by atoms with E-state index in [4.69, 9.17) is 5.11 Å². The molecule has 1 aromatic heterocycles. The highest BCUT2D eigenvalue weighted by Crippen LogP contribution is 2.19. The number of aromatic amines is 1. The van der Waals surface area contributed by atoms with E-state index in [1.165, 1.54) is 5.56 Å². The van der Waals surface area contributed by atoms with Crippen LogP contribution in [0.5, 0.6) is 0 Å². The Labute approximate surface area is 93.7 Å². The van der Waals surface area contributed by atoms with Crippen molar-refractivity contribution >= 4 is 5.97 Å². The van der Waals surface area contributed by atoms with Crippen LogP contribution in [0.4, 0.5) is 0 Å². The number of carboxylic acids is 1. The van der Waals surface area contributed by atoms with Gasteiger partial charge in [-0.2, -0.15) is 0 Å². The molecule has 0 spiro atoms. The van der Waals surface area contributed by atoms with E-state index in [1.807, 2.05) is 12.1 Å². The molecule has 0 aliphatic heterocycles. The molecule has 1 aromatic carbocycles. The number of aryl methyl sites for hydroxylation is 1. The van der Waals surface area contributed by atoms with Crippen LogP contribution in [0.1, 0.15) is 23.0 Å². The molecular formula is C13H13NO2. The summed E-state index contributed by atoms with van der Waals surface area (Å²) in [7, 11) is 0. The molecule has 0 fully saturated rings. The van der Waals surface area contributed by atoms with Gasteiger partial charge in [0.15, 0.2) is 0 Å². The van der Waals surface area contributed by atoms with Gasteiger partial charge in [-0.15, -0.1) is 0 Å². The fourth-order valence-corrected chi connectivity index (χ4v) is 1.61. The van der Waals surface area contributed by atoms with Gasteiger partial charge >= 0.3 is 5.97 Å². The lowest BCUT2D eigenvalue weighted by Gasteiger charge is -2.00. The first-order chi connectivity index (χ1) is 7.70. The molecule has 82 valence electrons. The van der Waals surface area contributed by atoms with Crippen molar-refractivity contribution in [2.45, 2.75) is 13.3 Å². The zero-order valence-electron chi connectivity index (χ0n) is 9.03. The lowest BCUT2D eigenvalue weighted by atomic mass is 10.1. The van der Waals surface area contributed by atoms with Crippen molar-refractivity contribution in [1.82, 2.24) is 4.98 Å². The highest BCUT2D eigenvalue weighted by atomic mass is 16.4. The highest BCUT2D eigenvalue weighted by Gasteiger charge is 2.06. The third kappa shape index (κ3) is 1.98. The van der Waals surface area contributed by atoms with Crippen molar-refractivity contribution in [3.63, 3.8) is 0 Å². The molecule has 3 nitrogen and oxygen atoms in total. The maximum absolute atomic E-state index is 10.7. The molecule has 2 N–H and O–H groups in total. The number of nitrogens with one attached hydrogen (secondary N) is 1. The minimum absolute atomic E-state index is 0.217. The third-order valence-corrected chi connectivity index (χ3v) is 2.59. The second-order valence-corrected chi connectivity index (χ2v) is 3.64. The minimum Gasteiger partial charge on any atom is -0.477 e. The summed E-state index contributed by atoms with van der Waals surface area (Å²) in [5, 5.41) is 8.80. The van der Waals surface area contributed by atoms with Crippen LogP contribution >= 0.6 is 0 Å². The zero-order chi connectivity index (χ0) is 11.5. The van der Waals surface area contributed by atoms with Gasteiger partial charge < -0.3 is 10.1 Å². The monoisotopic (exact) mass is 215 g/mol. The van der Waals surface area contributed by atoms with Crippen LogP contribution in [0.25, 0.3) is 11.3 Å². The Morgan fingerprint density at radius 3 is 2.38 bits per heavy atom. The molecule has 0 aliphatic rings. The molecule has 0 saturated carbocycles. The van der Waals surface area contributed by atoms with Crippen molar-refractivity contribution in [1.29, 1.82) is 0 Å². The number of hydrogen-bond acceptors (Lipinski definition) is 1. The average Bonchev–Trinajstić information content (AvgIpc) is 2.78. The Morgan fingerprint density at radius 2 is 1.88 bits per heavy atom. The second kappa shape index (κ2) is 4.23. The van der Waals surface area contributed by atoms with E-state index in [9.17, 15) is 4.79 Å². The van der Waals surface area contributed by atoms with Crippen molar-refractivity contribution < 1.29 is 9.90 Å². The number of H-pyrrole nitrogens is 1. The van der Waals surface area contributed by atoms with E-state index in [2.05, 4.69) is 24.0 Å². The lowest BCUT2D eigenvalue weighted by molar-refractivity contribution is 0.0691. The second-order valence-electron chi connectivity index (χ2n) is 3.64. The first-order valence-electron chi connectivity index (χ1n) is 5.22. The largest absolute Gasteiger partial charge is 0.477 e. The van der Waals surface area contributed by atoms with Crippen LogP contribution in [-0.2, 0) is 6.42 Å². The van der Waals surface area contributed by atoms with E-state index in [1.54, 1.807) is 12.1 Å². The van der Waals surface area contributed by atoms with Gasteiger partial charge in [0.1, 0.15) is 5.69 Å². The van der Waals surface area contributed by atoms with Gasteiger partial charge in [0.25, 0.3) is 0 Å². The normalized spacial score (nSPS) is 10.3. The maximum Gasteiger partial charge on any atom is 0.352 e. The summed E-state index contributed by atoms with van der Waals surface area (Å²) >= 11 is 0. The summed E-state index contributed by atoms with van der Waals surface area (Å²) in [6, 6.07) is 11.5. The van der Waals surface area contributed by atoms with Crippen molar-refractivity contribution in [3.05, 3.63) is 47.7 Å². The predicted molar refractivity (Wildman–Crippen MR) is 62.6 cm³/mol. The zero-order valence-corrected chi connectivity index (χ0v) is 9.03. The van der Waals surface area contributed by atoms with Crippen LogP contribution in [0, 0.1) is 0 Å². The van der Waals surface area contributed by atoms with Crippen LogP contribution in [0.15, 0.2) is 36.4 Å². The van der Waals surface area contributed by atoms with Crippen LogP contribution in [0.3, 0.4) is 0 Å². The van der Waals surface area contributed by atoms with E-state index in [0.29, 0.717) is 0 Å². The molecule has 0 amide bonds. The van der Waals surface area contributed by atoms with E-state index < -0.39 is 5.97 Å². The average molecular weight is 215 g/mol. The van der Waals surface area contributed by atoms with Gasteiger partial charge in [-0.3, -0.25) is 0 Å². The standard InChI is InChI=1S/C13H13NO2/c1-2-9-3-5-10(6-4-9)11-7-8-12(14-11)13(15)16/h3-8,14H,2H2,1H3,(H,15,16). The number of carboxylic acid groups (broad SMARTS) is 1. The smallest absolute Gasteiger partial charge is 0.352 e. The summed E-state index contributed by atoms with van der Waals surface area (Å²) in [5.74, 6) is -0.934. The molecular weight excluding hydrogens is 202 g/mol. The van der Waals surface area contributed by atoms with Crippen molar-refractivity contribution in [2.75, 3.05) is 0 Å². The Morgan fingerprint density at radius 1 is 1.19 bits per heavy atom. The topological polar surface area (TPSA) is 53.1 Å². The molecule has 2 aromatic rings. The Bertz CT molecular complexity index is 497. The molecule has 16 heavy (non-hydrogen) atoms. The summed E-state index contributed by atoms with van der Waals surface area (Å²) < 4.78 is 0. The number of benzene rings is 1. The first-order valence-corrected chi connectivity index (χ1v) is 5.22. The molecule has 1 heterocycles. The van der Waals surface area contributed by atoms with Crippen LogP contribution in [-0.4, -0.2) is 16.1 Å². The van der Waals surface area contributed by atoms with Gasteiger partial charge in [0.05, 0.1) is 0 Å². The van der Waals surface area contributed by atoms with Gasteiger partial charge in [-0.25, -0.2) is 4.79 Å². The van der Waals surface area contributed by atoms with Gasteiger partial charge in [-0.05, 0) is 29.7 Å². The van der Waals surface area contributed by atoms with E-state index in [-0.39, 0.29) is 5.69 Å². The number of rotatable bonds is 3. The van der Waals surface area contributed by atoms with Crippen LogP contribution in [0.2, 0.25) is 0 Å². The minimum atomic E-state index is -0.934. The molecule has 0 aliphatic carbocycles. The first kappa shape index (κ1) is 10.5. The van der Waals surface area contributed by atoms with Gasteiger partial charge in [-0.1, -0.05) is 31.2 Å². The number of hydrogen-bond donors (Lipinski definition) is 2. The molecule has 3 heteroatoms. The summed E-state index contributed by atoms with van der Waals surface area (Å²) in [6.45, 7) is 2.10. The maximum atomic E-state index is 10.7. The highest BCUT2D eigenvalue weighted by molar-refractivity contribution is 5.86. The molecule has 0 unspecified atom stereocenters. The summed E-state index contributed by atoms with van der Waals surface area (Å²) in [5.41, 5.74) is 3.33. The molecule has 0 atom stereocenters. The van der Waals surface area contributed by atoms with Crippen molar-refractivity contribution in [3.8, 4) is 11.3 Å². The number of aromatic nitrogens is 1. The van der Waals surface area contributed by atoms with E-state index >= 15 is 0 Å².